The van der Waals surface area contributed by atoms with Gasteiger partial charge in [0.25, 0.3) is 7.82 Å². The van der Waals surface area contributed by atoms with Crippen LogP contribution in [0.1, 0.15) is 438 Å². The molecule has 0 fully saturated rings. The van der Waals surface area contributed by atoms with E-state index in [2.05, 4.69) is 111 Å². The molecule has 0 radical (unpaired) electrons. The Morgan fingerprint density at radius 3 is 0.827 bits per heavy atom. The molecule has 0 aromatic carbocycles. The summed E-state index contributed by atoms with van der Waals surface area (Å²) in [6.45, 7) is 4.19. The molecule has 0 heterocycles. The zero-order valence-corrected chi connectivity index (χ0v) is 70.4. The van der Waals surface area contributed by atoms with Gasteiger partial charge in [-0.1, -0.05) is 426 Å². The maximum absolute atomic E-state index is 12.9. The van der Waals surface area contributed by atoms with E-state index in [9.17, 15) is 19.0 Å². The van der Waals surface area contributed by atoms with Crippen LogP contribution in [-0.2, 0) is 32.7 Å². The lowest BCUT2D eigenvalue weighted by Crippen LogP contribution is -2.37. The van der Waals surface area contributed by atoms with Gasteiger partial charge in [0.15, 0.2) is 6.10 Å². The van der Waals surface area contributed by atoms with E-state index in [-0.39, 0.29) is 32.0 Å². The van der Waals surface area contributed by atoms with Crippen LogP contribution in [0.2, 0.25) is 0 Å². The van der Waals surface area contributed by atoms with Crippen molar-refractivity contribution in [1.82, 2.24) is 0 Å². The summed E-state index contributed by atoms with van der Waals surface area (Å²) in [4.78, 5) is 38.3. The van der Waals surface area contributed by atoms with Gasteiger partial charge >= 0.3 is 11.9 Å². The van der Waals surface area contributed by atoms with Crippen molar-refractivity contribution >= 4 is 19.8 Å². The number of phosphoric acid groups is 1. The predicted molar refractivity (Wildman–Crippen MR) is 452 cm³/mol. The first kappa shape index (κ1) is 101. The molecule has 606 valence electrons. The fourth-order valence-corrected chi connectivity index (χ4v) is 14.0. The number of carbonyl (C=O) groups is 2. The number of phosphoric ester groups is 1. The van der Waals surface area contributed by atoms with Crippen LogP contribution in [0.4, 0.5) is 0 Å². The molecule has 0 aliphatic rings. The van der Waals surface area contributed by atoms with Crippen molar-refractivity contribution in [3.05, 3.63) is 97.2 Å². The minimum atomic E-state index is -4.65. The molecule has 0 spiro atoms. The molecule has 0 aromatic heterocycles. The van der Waals surface area contributed by atoms with Crippen LogP contribution in [0.25, 0.3) is 0 Å². The number of carbonyl (C=O) groups excluding carboxylic acids is 2. The Balaban J connectivity index is 3.87. The zero-order valence-electron chi connectivity index (χ0n) is 69.5. The number of nitrogens with zero attached hydrogens (tertiary/aromatic N) is 1. The Labute approximate surface area is 646 Å². The van der Waals surface area contributed by atoms with Gasteiger partial charge in [-0.2, -0.15) is 0 Å². The second kappa shape index (κ2) is 84.0. The monoisotopic (exact) mass is 1470 g/mol. The minimum Gasteiger partial charge on any atom is -0.756 e. The van der Waals surface area contributed by atoms with E-state index in [0.29, 0.717) is 17.4 Å². The number of rotatable bonds is 84. The van der Waals surface area contributed by atoms with Crippen LogP contribution in [0.15, 0.2) is 97.2 Å². The van der Waals surface area contributed by atoms with E-state index in [1.165, 1.54) is 321 Å². The topological polar surface area (TPSA) is 111 Å². The third-order valence-electron chi connectivity index (χ3n) is 20.1. The summed E-state index contributed by atoms with van der Waals surface area (Å²) >= 11 is 0. The highest BCUT2D eigenvalue weighted by atomic mass is 31.2. The smallest absolute Gasteiger partial charge is 0.306 e. The third-order valence-corrected chi connectivity index (χ3v) is 21.1. The van der Waals surface area contributed by atoms with Crippen LogP contribution in [0, 0.1) is 0 Å². The van der Waals surface area contributed by atoms with E-state index in [0.717, 1.165) is 83.5 Å². The third kappa shape index (κ3) is 87.8. The average molecular weight is 1480 g/mol. The summed E-state index contributed by atoms with van der Waals surface area (Å²) in [6.07, 6.45) is 119. The van der Waals surface area contributed by atoms with E-state index < -0.39 is 26.5 Å². The average Bonchev–Trinajstić information content (AvgIpc) is 0.915. The Hall–Kier alpha value is -3.07. The Morgan fingerprint density at radius 1 is 0.308 bits per heavy atom. The van der Waals surface area contributed by atoms with Gasteiger partial charge in [-0.15, -0.1) is 0 Å². The first-order valence-electron chi connectivity index (χ1n) is 44.9. The number of esters is 2. The summed E-state index contributed by atoms with van der Waals surface area (Å²) in [5.74, 6) is -0.813. The fourth-order valence-electron chi connectivity index (χ4n) is 13.3. The number of allylic oxidation sites excluding steroid dienone is 16. The van der Waals surface area contributed by atoms with Crippen molar-refractivity contribution in [3.63, 3.8) is 0 Å². The molecular weight excluding hydrogens is 1300 g/mol. The SMILES string of the molecule is CC/C=C\C/C=C\C/C=C\C/C=C\C/C=C\C/C=C\C/C=C\CCCCCCCCCCCCCCCCCCCC(=O)OC(COC(=O)CCCCCCCCCCCCCCCCCCCCCCCCCCCCCCC/C=C\CCCCCCCCCC)COP(=O)([O-])OCC[N+](C)(C)C. The van der Waals surface area contributed by atoms with Gasteiger partial charge in [0.2, 0.25) is 0 Å². The molecule has 104 heavy (non-hydrogen) atoms. The first-order valence-corrected chi connectivity index (χ1v) is 46.4. The molecular formula is C94H172NO8P. The highest BCUT2D eigenvalue weighted by molar-refractivity contribution is 7.45. The highest BCUT2D eigenvalue weighted by Gasteiger charge is 2.22. The van der Waals surface area contributed by atoms with Crippen LogP contribution in [-0.4, -0.2) is 70.0 Å². The predicted octanol–water partition coefficient (Wildman–Crippen LogP) is 29.9. The summed E-state index contributed by atoms with van der Waals surface area (Å²) < 4.78 is 34.5. The number of quaternary nitrogens is 1. The van der Waals surface area contributed by atoms with Crippen LogP contribution in [0.5, 0.6) is 0 Å². The molecule has 0 saturated carbocycles. The lowest BCUT2D eigenvalue weighted by atomic mass is 10.0. The first-order chi connectivity index (χ1) is 51.0. The quantitative estimate of drug-likeness (QED) is 0.0195. The van der Waals surface area contributed by atoms with Crippen molar-refractivity contribution in [2.75, 3.05) is 47.5 Å². The van der Waals surface area contributed by atoms with Gasteiger partial charge in [0.05, 0.1) is 27.7 Å². The molecule has 0 rings (SSSR count). The summed E-state index contributed by atoms with van der Waals surface area (Å²) in [6, 6.07) is 0. The second-order valence-corrected chi connectivity index (χ2v) is 33.0. The molecule has 0 aliphatic heterocycles. The largest absolute Gasteiger partial charge is 0.756 e. The van der Waals surface area contributed by atoms with Gasteiger partial charge in [-0.3, -0.25) is 14.2 Å². The zero-order chi connectivity index (χ0) is 75.4. The number of likely N-dealkylation sites (N-methyl/N-ethyl adjacent to an activating group) is 1. The summed E-state index contributed by atoms with van der Waals surface area (Å²) in [7, 11) is 1.18. The van der Waals surface area contributed by atoms with Crippen LogP contribution < -0.4 is 4.89 Å². The normalized spacial score (nSPS) is 13.4. The number of hydrogen-bond acceptors (Lipinski definition) is 8. The standard InChI is InChI=1S/C94H172NO8P/c1-6-8-10-12-14-16-18-20-22-24-26-28-30-32-34-36-38-40-42-44-46-47-49-50-52-54-56-58-60-62-64-66-68-70-72-74-76-78-80-82-84-86-93(96)100-90-92(91-102-104(98,99)101-89-88-95(3,4)5)103-94(97)87-85-83-81-79-77-75-73-71-69-67-65-63-61-59-57-55-53-51-48-45-43-41-39-37-35-33-31-29-27-25-23-21-19-17-15-13-11-9-7-2/h9,11,15,17,21,23-24,26-27,29,33,35,39,41,45,48,92H,6-8,10,12-14,16,18-20,22,25,28,30-32,34,36-38,40,42-44,46-47,49-91H2,1-5H3/b11-9-,17-15-,23-21-,26-24-,29-27-,35-33-,41-39-,48-45-. The van der Waals surface area contributed by atoms with Crippen LogP contribution >= 0.6 is 7.82 Å². The number of hydrogen-bond donors (Lipinski definition) is 0. The van der Waals surface area contributed by atoms with Gasteiger partial charge in [0, 0.05) is 12.8 Å². The Bertz CT molecular complexity index is 2080. The Kier molecular flexibility index (Phi) is 81.5. The molecule has 0 aromatic rings. The minimum absolute atomic E-state index is 0.0305. The second-order valence-electron chi connectivity index (χ2n) is 31.6. The van der Waals surface area contributed by atoms with E-state index in [4.69, 9.17) is 18.5 Å². The van der Waals surface area contributed by atoms with E-state index >= 15 is 0 Å². The van der Waals surface area contributed by atoms with Crippen molar-refractivity contribution < 1.29 is 42.1 Å². The van der Waals surface area contributed by atoms with Crippen molar-refractivity contribution in [1.29, 1.82) is 0 Å². The molecule has 9 nitrogen and oxygen atoms in total. The molecule has 0 bridgehead atoms. The number of ether oxygens (including phenoxy) is 2. The van der Waals surface area contributed by atoms with Gasteiger partial charge in [0.1, 0.15) is 19.8 Å². The maximum atomic E-state index is 12.9. The molecule has 0 N–H and O–H groups in total. The summed E-state index contributed by atoms with van der Waals surface area (Å²) in [5.41, 5.74) is 0. The van der Waals surface area contributed by atoms with Gasteiger partial charge in [-0.05, 0) is 96.3 Å². The van der Waals surface area contributed by atoms with Crippen molar-refractivity contribution in [2.24, 2.45) is 0 Å². The lowest BCUT2D eigenvalue weighted by molar-refractivity contribution is -0.870. The fraction of sp³-hybridized carbons (Fsp3) is 0.809. The highest BCUT2D eigenvalue weighted by Crippen LogP contribution is 2.38. The lowest BCUT2D eigenvalue weighted by Gasteiger charge is -2.28. The molecule has 0 saturated heterocycles. The van der Waals surface area contributed by atoms with Crippen molar-refractivity contribution in [3.8, 4) is 0 Å². The molecule has 2 atom stereocenters. The van der Waals surface area contributed by atoms with Gasteiger partial charge in [-0.25, -0.2) is 0 Å². The molecule has 2 unspecified atom stereocenters. The molecule has 0 aliphatic carbocycles. The van der Waals surface area contributed by atoms with Crippen molar-refractivity contribution in [2.45, 2.75) is 444 Å². The van der Waals surface area contributed by atoms with Crippen LogP contribution in [0.3, 0.4) is 0 Å². The Morgan fingerprint density at radius 2 is 0.548 bits per heavy atom. The molecule has 0 amide bonds. The number of unbranched alkanes of at least 4 members (excludes halogenated alkanes) is 54. The van der Waals surface area contributed by atoms with E-state index in [1.54, 1.807) is 0 Å². The molecule has 10 heteroatoms. The summed E-state index contributed by atoms with van der Waals surface area (Å²) in [5, 5.41) is 0. The van der Waals surface area contributed by atoms with Gasteiger partial charge < -0.3 is 27.9 Å². The maximum Gasteiger partial charge on any atom is 0.306 e. The van der Waals surface area contributed by atoms with E-state index in [1.807, 2.05) is 21.1 Å².